The lowest BCUT2D eigenvalue weighted by Gasteiger charge is -2.15. The Bertz CT molecular complexity index is 3240. The van der Waals surface area contributed by atoms with E-state index in [1.165, 1.54) is 54.2 Å². The molecular weight excluding hydrogens is 657 g/mol. The van der Waals surface area contributed by atoms with Crippen LogP contribution < -0.4 is 0 Å². The molecule has 11 rings (SSSR count). The van der Waals surface area contributed by atoms with Crippen molar-refractivity contribution in [1.29, 1.82) is 0 Å². The highest BCUT2D eigenvalue weighted by Gasteiger charge is 2.17. The van der Waals surface area contributed by atoms with Crippen LogP contribution in [-0.2, 0) is 0 Å². The summed E-state index contributed by atoms with van der Waals surface area (Å²) in [6.07, 6.45) is 3.76. The third-order valence-electron chi connectivity index (χ3n) is 10.8. The van der Waals surface area contributed by atoms with E-state index in [2.05, 4.69) is 157 Å². The number of pyridine rings is 1. The second kappa shape index (κ2) is 12.1. The Morgan fingerprint density at radius 2 is 0.796 bits per heavy atom. The molecule has 0 unspecified atom stereocenters. The van der Waals surface area contributed by atoms with Gasteiger partial charge in [-0.1, -0.05) is 146 Å². The van der Waals surface area contributed by atoms with Crippen LogP contribution in [0.25, 0.3) is 110 Å². The Hall–Kier alpha value is -7.30. The van der Waals surface area contributed by atoms with Crippen molar-refractivity contribution in [2.45, 2.75) is 0 Å². The van der Waals surface area contributed by atoms with Crippen molar-refractivity contribution in [2.75, 3.05) is 0 Å². The zero-order valence-electron chi connectivity index (χ0n) is 29.1. The van der Waals surface area contributed by atoms with E-state index in [0.29, 0.717) is 17.5 Å². The highest BCUT2D eigenvalue weighted by molar-refractivity contribution is 6.26. The van der Waals surface area contributed by atoms with Gasteiger partial charge in [0, 0.05) is 34.5 Å². The summed E-state index contributed by atoms with van der Waals surface area (Å²) in [5, 5.41) is 14.4. The minimum absolute atomic E-state index is 0.636. The Labute approximate surface area is 311 Å². The molecule has 0 saturated carbocycles. The monoisotopic (exact) mass is 686 g/mol. The van der Waals surface area contributed by atoms with Crippen LogP contribution in [0.1, 0.15) is 0 Å². The third-order valence-corrected chi connectivity index (χ3v) is 10.8. The largest absolute Gasteiger partial charge is 0.264 e. The van der Waals surface area contributed by atoms with Gasteiger partial charge in [-0.3, -0.25) is 4.98 Å². The first-order valence-corrected chi connectivity index (χ1v) is 18.2. The maximum atomic E-state index is 5.19. The number of rotatable bonds is 4. The van der Waals surface area contributed by atoms with Crippen LogP contribution >= 0.6 is 0 Å². The zero-order chi connectivity index (χ0) is 35.6. The van der Waals surface area contributed by atoms with Crippen LogP contribution in [-0.4, -0.2) is 19.9 Å². The summed E-state index contributed by atoms with van der Waals surface area (Å²) in [7, 11) is 0. The van der Waals surface area contributed by atoms with Gasteiger partial charge < -0.3 is 0 Å². The SMILES string of the molecule is c1ccc(-c2nc(-c3ccc4c(ccc5cnccc54)c3)nc(-c3ccc(-c4ccc5c6ccccc6c6ccccc6c5c4)c4ccccc34)n2)cc1. The highest BCUT2D eigenvalue weighted by Crippen LogP contribution is 2.40. The van der Waals surface area contributed by atoms with Gasteiger partial charge in [0.15, 0.2) is 17.5 Å². The van der Waals surface area contributed by atoms with Crippen LogP contribution in [0.15, 0.2) is 182 Å². The summed E-state index contributed by atoms with van der Waals surface area (Å²) in [6, 6.07) is 60.3. The summed E-state index contributed by atoms with van der Waals surface area (Å²) < 4.78 is 0. The van der Waals surface area contributed by atoms with Crippen molar-refractivity contribution in [3.05, 3.63) is 182 Å². The van der Waals surface area contributed by atoms with Crippen molar-refractivity contribution in [3.8, 4) is 45.3 Å². The minimum atomic E-state index is 0.636. The Kier molecular flexibility index (Phi) is 6.82. The first-order chi connectivity index (χ1) is 26.8. The van der Waals surface area contributed by atoms with E-state index < -0.39 is 0 Å². The predicted molar refractivity (Wildman–Crippen MR) is 224 cm³/mol. The summed E-state index contributed by atoms with van der Waals surface area (Å²) in [5.41, 5.74) is 5.19. The number of fused-ring (bicyclic) bond motifs is 10. The number of benzene rings is 9. The summed E-state index contributed by atoms with van der Waals surface area (Å²) in [5.74, 6) is 1.92. The third kappa shape index (κ3) is 4.85. The quantitative estimate of drug-likeness (QED) is 0.173. The van der Waals surface area contributed by atoms with Gasteiger partial charge in [0.1, 0.15) is 0 Å². The first-order valence-electron chi connectivity index (χ1n) is 18.2. The maximum absolute atomic E-state index is 5.19. The lowest BCUT2D eigenvalue weighted by molar-refractivity contribution is 1.08. The second-order valence-electron chi connectivity index (χ2n) is 13.8. The van der Waals surface area contributed by atoms with Gasteiger partial charge in [-0.05, 0) is 94.6 Å². The number of aromatic nitrogens is 4. The summed E-state index contributed by atoms with van der Waals surface area (Å²) >= 11 is 0. The molecule has 0 fully saturated rings. The molecule has 4 nitrogen and oxygen atoms in total. The van der Waals surface area contributed by atoms with E-state index in [9.17, 15) is 0 Å². The van der Waals surface area contributed by atoms with Gasteiger partial charge in [-0.25, -0.2) is 15.0 Å². The Morgan fingerprint density at radius 3 is 1.54 bits per heavy atom. The van der Waals surface area contributed by atoms with Gasteiger partial charge in [0.25, 0.3) is 0 Å². The summed E-state index contributed by atoms with van der Waals surface area (Å²) in [4.78, 5) is 19.7. The fourth-order valence-corrected chi connectivity index (χ4v) is 8.21. The van der Waals surface area contributed by atoms with Gasteiger partial charge in [0.2, 0.25) is 0 Å². The Balaban J connectivity index is 1.10. The molecule has 0 aliphatic carbocycles. The van der Waals surface area contributed by atoms with Gasteiger partial charge >= 0.3 is 0 Å². The molecule has 11 aromatic rings. The van der Waals surface area contributed by atoms with E-state index in [1.807, 2.05) is 30.6 Å². The fourth-order valence-electron chi connectivity index (χ4n) is 8.21. The van der Waals surface area contributed by atoms with Crippen molar-refractivity contribution >= 4 is 64.6 Å². The normalized spacial score (nSPS) is 11.7. The Morgan fingerprint density at radius 1 is 0.278 bits per heavy atom. The number of nitrogens with zero attached hydrogens (tertiary/aromatic N) is 4. The lowest BCUT2D eigenvalue weighted by atomic mass is 9.90. The van der Waals surface area contributed by atoms with Crippen LogP contribution in [0, 0.1) is 0 Å². The molecule has 9 aromatic carbocycles. The standard InChI is InChI=1S/C50H30N4/c1-2-10-31(11-3-1)48-52-49(34-21-22-36-32(28-34)18-19-35-30-51-27-26-38(35)36)54-50(53-48)46-25-24-37(39-12-4-8-16-43(39)46)33-20-23-45-42-15-6-5-13-40(42)41-14-7-9-17-44(41)47(45)29-33/h1-30H. The van der Waals surface area contributed by atoms with Crippen LogP contribution in [0.2, 0.25) is 0 Å². The molecule has 2 aromatic heterocycles. The molecule has 2 heterocycles. The average molecular weight is 687 g/mol. The molecule has 0 atom stereocenters. The van der Waals surface area contributed by atoms with Gasteiger partial charge in [0.05, 0.1) is 0 Å². The molecule has 0 saturated heterocycles. The smallest absolute Gasteiger partial charge is 0.164 e. The lowest BCUT2D eigenvalue weighted by Crippen LogP contribution is -2.01. The topological polar surface area (TPSA) is 51.6 Å². The minimum Gasteiger partial charge on any atom is -0.264 e. The second-order valence-corrected chi connectivity index (χ2v) is 13.8. The molecule has 0 amide bonds. The van der Waals surface area contributed by atoms with E-state index in [0.717, 1.165) is 38.2 Å². The molecule has 0 aliphatic rings. The molecule has 0 aliphatic heterocycles. The molecule has 250 valence electrons. The van der Waals surface area contributed by atoms with E-state index in [4.69, 9.17) is 15.0 Å². The number of hydrogen-bond acceptors (Lipinski definition) is 4. The van der Waals surface area contributed by atoms with Crippen molar-refractivity contribution in [1.82, 2.24) is 19.9 Å². The number of hydrogen-bond donors (Lipinski definition) is 0. The van der Waals surface area contributed by atoms with E-state index >= 15 is 0 Å². The maximum Gasteiger partial charge on any atom is 0.164 e. The van der Waals surface area contributed by atoms with Crippen LogP contribution in [0.4, 0.5) is 0 Å². The van der Waals surface area contributed by atoms with E-state index in [-0.39, 0.29) is 0 Å². The van der Waals surface area contributed by atoms with Crippen molar-refractivity contribution in [2.24, 2.45) is 0 Å². The molecule has 0 bridgehead atoms. The first kappa shape index (κ1) is 30.3. The van der Waals surface area contributed by atoms with Crippen molar-refractivity contribution in [3.63, 3.8) is 0 Å². The molecular formula is C50H30N4. The van der Waals surface area contributed by atoms with E-state index in [1.54, 1.807) is 0 Å². The fraction of sp³-hybridized carbons (Fsp3) is 0. The molecule has 4 heteroatoms. The van der Waals surface area contributed by atoms with Crippen LogP contribution in [0.3, 0.4) is 0 Å². The predicted octanol–water partition coefficient (Wildman–Crippen LogP) is 12.9. The average Bonchev–Trinajstić information content (AvgIpc) is 3.26. The molecule has 0 radical (unpaired) electrons. The van der Waals surface area contributed by atoms with Gasteiger partial charge in [-0.2, -0.15) is 0 Å². The van der Waals surface area contributed by atoms with Crippen LogP contribution in [0.5, 0.6) is 0 Å². The molecule has 54 heavy (non-hydrogen) atoms. The zero-order valence-corrected chi connectivity index (χ0v) is 29.1. The van der Waals surface area contributed by atoms with Gasteiger partial charge in [-0.15, -0.1) is 0 Å². The highest BCUT2D eigenvalue weighted by atomic mass is 15.0. The van der Waals surface area contributed by atoms with Crippen molar-refractivity contribution < 1.29 is 0 Å². The summed E-state index contributed by atoms with van der Waals surface area (Å²) in [6.45, 7) is 0. The molecule has 0 spiro atoms. The molecule has 0 N–H and O–H groups in total.